The van der Waals surface area contributed by atoms with Crippen LogP contribution in [0.2, 0.25) is 0 Å². The monoisotopic (exact) mass is 330 g/mol. The molecule has 0 spiro atoms. The molecule has 1 N–H and O–H groups in total. The lowest BCUT2D eigenvalue weighted by Gasteiger charge is -2.20. The third-order valence-corrected chi connectivity index (χ3v) is 4.35. The molecule has 3 rings (SSSR count). The minimum atomic E-state index is -0.208. The van der Waals surface area contributed by atoms with Crippen LogP contribution in [0.4, 0.5) is 0 Å². The smallest absolute Gasteiger partial charge is 0.266 e. The molecule has 1 aliphatic carbocycles. The summed E-state index contributed by atoms with van der Waals surface area (Å²) < 4.78 is 2.81. The van der Waals surface area contributed by atoms with Crippen molar-refractivity contribution in [2.24, 2.45) is 5.92 Å². The van der Waals surface area contributed by atoms with E-state index in [-0.39, 0.29) is 11.5 Å². The van der Waals surface area contributed by atoms with Gasteiger partial charge in [-0.3, -0.25) is 9.59 Å². The minimum absolute atomic E-state index is 0.0578. The Kier molecular flexibility index (Phi) is 5.35. The number of nitrogens with one attached hydrogen (secondary N) is 1. The standard InChI is InChI=1S/C16H22N6O2/c23-15(10-13-4-2-1-3-5-13)18-8-9-21-16(24)7-6-14(20-21)22-12-17-11-19-22/h6-7,11-13H,1-5,8-10H2,(H,18,23). The summed E-state index contributed by atoms with van der Waals surface area (Å²) in [6.07, 6.45) is 9.54. The maximum absolute atomic E-state index is 12.0. The molecular formula is C16H22N6O2. The Morgan fingerprint density at radius 1 is 1.25 bits per heavy atom. The van der Waals surface area contributed by atoms with Crippen LogP contribution < -0.4 is 10.9 Å². The van der Waals surface area contributed by atoms with Crippen molar-refractivity contribution >= 4 is 5.91 Å². The van der Waals surface area contributed by atoms with Crippen LogP contribution in [-0.2, 0) is 11.3 Å². The summed E-state index contributed by atoms with van der Waals surface area (Å²) in [5.41, 5.74) is -0.208. The molecule has 0 aliphatic heterocycles. The van der Waals surface area contributed by atoms with Crippen LogP contribution in [0.15, 0.2) is 29.6 Å². The van der Waals surface area contributed by atoms with Gasteiger partial charge in [-0.2, -0.15) is 5.10 Å². The maximum Gasteiger partial charge on any atom is 0.266 e. The number of nitrogens with zero attached hydrogens (tertiary/aromatic N) is 5. The van der Waals surface area contributed by atoms with Crippen molar-refractivity contribution in [1.82, 2.24) is 29.9 Å². The molecule has 2 aromatic rings. The summed E-state index contributed by atoms with van der Waals surface area (Å²) in [6.45, 7) is 0.719. The van der Waals surface area contributed by atoms with E-state index in [1.807, 2.05) is 0 Å². The third kappa shape index (κ3) is 4.27. The Morgan fingerprint density at radius 3 is 2.83 bits per heavy atom. The Morgan fingerprint density at radius 2 is 2.08 bits per heavy atom. The first-order valence-corrected chi connectivity index (χ1v) is 8.42. The second-order valence-corrected chi connectivity index (χ2v) is 6.15. The summed E-state index contributed by atoms with van der Waals surface area (Å²) in [5, 5.41) is 11.1. The van der Waals surface area contributed by atoms with Crippen molar-refractivity contribution in [3.05, 3.63) is 35.1 Å². The van der Waals surface area contributed by atoms with Gasteiger partial charge < -0.3 is 5.32 Å². The van der Waals surface area contributed by atoms with Gasteiger partial charge in [0, 0.05) is 19.0 Å². The molecule has 0 unspecified atom stereocenters. The van der Waals surface area contributed by atoms with Crippen LogP contribution >= 0.6 is 0 Å². The first kappa shape index (κ1) is 16.4. The first-order valence-electron chi connectivity index (χ1n) is 8.42. The Labute approximate surface area is 139 Å². The Balaban J connectivity index is 1.51. The molecule has 8 nitrogen and oxygen atoms in total. The van der Waals surface area contributed by atoms with Gasteiger partial charge in [0.15, 0.2) is 5.82 Å². The van der Waals surface area contributed by atoms with E-state index in [1.165, 1.54) is 47.3 Å². The second kappa shape index (κ2) is 7.85. The molecule has 1 aliphatic rings. The fourth-order valence-electron chi connectivity index (χ4n) is 3.07. The number of amides is 1. The zero-order chi connectivity index (χ0) is 16.8. The van der Waals surface area contributed by atoms with Gasteiger partial charge in [0.1, 0.15) is 12.7 Å². The van der Waals surface area contributed by atoms with Gasteiger partial charge in [0.05, 0.1) is 6.54 Å². The fourth-order valence-corrected chi connectivity index (χ4v) is 3.07. The van der Waals surface area contributed by atoms with Crippen LogP contribution in [0.25, 0.3) is 5.82 Å². The minimum Gasteiger partial charge on any atom is -0.354 e. The number of carbonyl (C=O) groups excluding carboxylic acids is 1. The van der Waals surface area contributed by atoms with Gasteiger partial charge in [-0.05, 0) is 24.8 Å². The van der Waals surface area contributed by atoms with Gasteiger partial charge in [0.2, 0.25) is 5.91 Å². The average molecular weight is 330 g/mol. The molecule has 0 bridgehead atoms. The van der Waals surface area contributed by atoms with E-state index >= 15 is 0 Å². The predicted octanol–water partition coefficient (Wildman–Crippen LogP) is 0.911. The van der Waals surface area contributed by atoms with Crippen molar-refractivity contribution in [2.45, 2.75) is 45.1 Å². The van der Waals surface area contributed by atoms with E-state index in [0.29, 0.717) is 31.2 Å². The highest BCUT2D eigenvalue weighted by atomic mass is 16.1. The zero-order valence-corrected chi connectivity index (χ0v) is 13.6. The summed E-state index contributed by atoms with van der Waals surface area (Å²) in [6, 6.07) is 3.03. The van der Waals surface area contributed by atoms with Gasteiger partial charge in [-0.25, -0.2) is 14.3 Å². The third-order valence-electron chi connectivity index (χ3n) is 4.35. The molecule has 0 aromatic carbocycles. The van der Waals surface area contributed by atoms with Crippen molar-refractivity contribution in [3.8, 4) is 5.82 Å². The summed E-state index contributed by atoms with van der Waals surface area (Å²) in [7, 11) is 0. The van der Waals surface area contributed by atoms with Crippen LogP contribution in [0.3, 0.4) is 0 Å². The van der Waals surface area contributed by atoms with E-state index in [0.717, 1.165) is 12.8 Å². The molecule has 8 heteroatoms. The molecule has 128 valence electrons. The van der Waals surface area contributed by atoms with Gasteiger partial charge >= 0.3 is 0 Å². The van der Waals surface area contributed by atoms with Crippen LogP contribution in [0, 0.1) is 5.92 Å². The summed E-state index contributed by atoms with van der Waals surface area (Å²) in [4.78, 5) is 27.7. The van der Waals surface area contributed by atoms with Crippen molar-refractivity contribution in [3.63, 3.8) is 0 Å². The topological polar surface area (TPSA) is 94.7 Å². The summed E-state index contributed by atoms with van der Waals surface area (Å²) in [5.74, 6) is 1.08. The maximum atomic E-state index is 12.0. The number of carbonyl (C=O) groups is 1. The molecule has 1 fully saturated rings. The predicted molar refractivity (Wildman–Crippen MR) is 87.6 cm³/mol. The zero-order valence-electron chi connectivity index (χ0n) is 13.6. The molecule has 0 atom stereocenters. The molecule has 24 heavy (non-hydrogen) atoms. The van der Waals surface area contributed by atoms with Gasteiger partial charge in [-0.15, -0.1) is 5.10 Å². The van der Waals surface area contributed by atoms with E-state index in [4.69, 9.17) is 0 Å². The van der Waals surface area contributed by atoms with Gasteiger partial charge in [0.25, 0.3) is 5.56 Å². The lowest BCUT2D eigenvalue weighted by molar-refractivity contribution is -0.122. The van der Waals surface area contributed by atoms with Crippen molar-refractivity contribution in [1.29, 1.82) is 0 Å². The molecule has 1 amide bonds. The lowest BCUT2D eigenvalue weighted by atomic mass is 9.87. The SMILES string of the molecule is O=C(CC1CCCCC1)NCCn1nc(-n2cncn2)ccc1=O. The second-order valence-electron chi connectivity index (χ2n) is 6.15. The van der Waals surface area contributed by atoms with Crippen LogP contribution in [-0.4, -0.2) is 37.0 Å². The van der Waals surface area contributed by atoms with Crippen molar-refractivity contribution < 1.29 is 4.79 Å². The average Bonchev–Trinajstić information content (AvgIpc) is 3.12. The van der Waals surface area contributed by atoms with Crippen LogP contribution in [0.1, 0.15) is 38.5 Å². The molecule has 0 radical (unpaired) electrons. The summed E-state index contributed by atoms with van der Waals surface area (Å²) >= 11 is 0. The highest BCUT2D eigenvalue weighted by molar-refractivity contribution is 5.76. The lowest BCUT2D eigenvalue weighted by Crippen LogP contribution is -2.33. The highest BCUT2D eigenvalue weighted by Gasteiger charge is 2.16. The van der Waals surface area contributed by atoms with Crippen LogP contribution in [0.5, 0.6) is 0 Å². The quantitative estimate of drug-likeness (QED) is 0.849. The molecule has 2 heterocycles. The number of hydrogen-bond donors (Lipinski definition) is 1. The highest BCUT2D eigenvalue weighted by Crippen LogP contribution is 2.25. The first-order chi connectivity index (χ1) is 11.7. The van der Waals surface area contributed by atoms with E-state index in [1.54, 1.807) is 6.07 Å². The fraction of sp³-hybridized carbons (Fsp3) is 0.562. The number of hydrogen-bond acceptors (Lipinski definition) is 5. The normalized spacial score (nSPS) is 15.3. The largest absolute Gasteiger partial charge is 0.354 e. The Hall–Kier alpha value is -2.51. The van der Waals surface area contributed by atoms with E-state index < -0.39 is 0 Å². The number of rotatable bonds is 6. The number of aromatic nitrogens is 5. The Bertz CT molecular complexity index is 718. The molecule has 2 aromatic heterocycles. The van der Waals surface area contributed by atoms with E-state index in [2.05, 4.69) is 20.5 Å². The van der Waals surface area contributed by atoms with E-state index in [9.17, 15) is 9.59 Å². The van der Waals surface area contributed by atoms with Gasteiger partial charge in [-0.1, -0.05) is 19.3 Å². The molecule has 0 saturated heterocycles. The van der Waals surface area contributed by atoms with Crippen molar-refractivity contribution in [2.75, 3.05) is 6.54 Å². The molecular weight excluding hydrogens is 308 g/mol. The molecule has 1 saturated carbocycles.